The van der Waals surface area contributed by atoms with Crippen LogP contribution >= 0.6 is 0 Å². The molecule has 4 amide bonds. The molecule has 0 radical (unpaired) electrons. The lowest BCUT2D eigenvalue weighted by atomic mass is 9.95. The molecule has 0 bridgehead atoms. The lowest BCUT2D eigenvalue weighted by Gasteiger charge is -2.31. The number of carbonyl (C=O) groups is 3. The lowest BCUT2D eigenvalue weighted by molar-refractivity contribution is -0.131. The second kappa shape index (κ2) is 10.1. The van der Waals surface area contributed by atoms with Gasteiger partial charge in [0.1, 0.15) is 0 Å². The first-order valence-corrected chi connectivity index (χ1v) is 9.94. The molecule has 0 aliphatic carbocycles. The average molecular weight is 386 g/mol. The molecule has 1 atom stereocenters. The summed E-state index contributed by atoms with van der Waals surface area (Å²) < 4.78 is 0. The maximum Gasteiger partial charge on any atom is 0.335 e. The largest absolute Gasteiger partial charge is 0.335 e. The van der Waals surface area contributed by atoms with Gasteiger partial charge in [0.05, 0.1) is 5.69 Å². The van der Waals surface area contributed by atoms with Gasteiger partial charge in [-0.1, -0.05) is 39.0 Å². The summed E-state index contributed by atoms with van der Waals surface area (Å²) in [6.45, 7) is 11.4. The number of aryl methyl sites for hydroxylation is 1. The first-order valence-electron chi connectivity index (χ1n) is 9.94. The van der Waals surface area contributed by atoms with Gasteiger partial charge in [0, 0.05) is 12.3 Å². The molecule has 7 nitrogen and oxygen atoms in total. The van der Waals surface area contributed by atoms with Crippen LogP contribution in [0.15, 0.2) is 29.3 Å². The Labute approximate surface area is 166 Å². The van der Waals surface area contributed by atoms with Crippen LogP contribution < -0.4 is 10.2 Å². The number of carbonyl (C=O) groups excluding carboxylic acids is 3. The molecule has 1 aromatic rings. The standard InChI is InChI=1S/C21H30N4O3/c1-5-16(22-13-10-14-24(6-2)7-3)18-19(26)23-21(28)25(20(18)27)17-12-9-8-11-15(17)4/h8-9,11-12,18H,5-7,10,13-14H2,1-4H3,(H,23,26,28). The van der Waals surface area contributed by atoms with Gasteiger partial charge in [-0.05, 0) is 51.0 Å². The highest BCUT2D eigenvalue weighted by Gasteiger charge is 2.43. The van der Waals surface area contributed by atoms with Crippen LogP contribution in [0, 0.1) is 12.8 Å². The second-order valence-electron chi connectivity index (χ2n) is 6.79. The van der Waals surface area contributed by atoms with E-state index in [1.54, 1.807) is 12.1 Å². The molecule has 0 saturated carbocycles. The van der Waals surface area contributed by atoms with Crippen molar-refractivity contribution in [1.82, 2.24) is 10.2 Å². The van der Waals surface area contributed by atoms with Crippen molar-refractivity contribution in [2.45, 2.75) is 40.5 Å². The summed E-state index contributed by atoms with van der Waals surface area (Å²) >= 11 is 0. The molecule has 7 heteroatoms. The zero-order valence-electron chi connectivity index (χ0n) is 17.2. The molecular weight excluding hydrogens is 356 g/mol. The van der Waals surface area contributed by atoms with Crippen molar-refractivity contribution in [2.24, 2.45) is 10.9 Å². The number of hydrogen-bond donors (Lipinski definition) is 1. The van der Waals surface area contributed by atoms with Crippen molar-refractivity contribution in [1.29, 1.82) is 0 Å². The van der Waals surface area contributed by atoms with E-state index in [0.29, 0.717) is 24.4 Å². The molecule has 2 rings (SSSR count). The van der Waals surface area contributed by atoms with Gasteiger partial charge in [0.2, 0.25) is 5.91 Å². The van der Waals surface area contributed by atoms with E-state index in [4.69, 9.17) is 0 Å². The zero-order valence-corrected chi connectivity index (χ0v) is 17.2. The predicted molar refractivity (Wildman–Crippen MR) is 111 cm³/mol. The van der Waals surface area contributed by atoms with Gasteiger partial charge in [-0.2, -0.15) is 0 Å². The van der Waals surface area contributed by atoms with Crippen molar-refractivity contribution < 1.29 is 14.4 Å². The summed E-state index contributed by atoms with van der Waals surface area (Å²) in [5, 5.41) is 2.32. The fourth-order valence-electron chi connectivity index (χ4n) is 3.38. The van der Waals surface area contributed by atoms with Crippen LogP contribution in [-0.4, -0.2) is 54.6 Å². The molecule has 1 N–H and O–H groups in total. The highest BCUT2D eigenvalue weighted by Crippen LogP contribution is 2.25. The molecule has 1 aliphatic heterocycles. The lowest BCUT2D eigenvalue weighted by Crippen LogP contribution is -2.60. The van der Waals surface area contributed by atoms with Crippen LogP contribution in [-0.2, 0) is 9.59 Å². The van der Waals surface area contributed by atoms with E-state index >= 15 is 0 Å². The van der Waals surface area contributed by atoms with Gasteiger partial charge in [-0.25, -0.2) is 9.69 Å². The number of amides is 4. The van der Waals surface area contributed by atoms with Crippen LogP contribution in [0.1, 0.15) is 39.2 Å². The van der Waals surface area contributed by atoms with Gasteiger partial charge in [-0.3, -0.25) is 19.9 Å². The minimum Gasteiger partial charge on any atom is -0.304 e. The van der Waals surface area contributed by atoms with Crippen LogP contribution in [0.4, 0.5) is 10.5 Å². The van der Waals surface area contributed by atoms with Crippen LogP contribution in [0.2, 0.25) is 0 Å². The number of barbiturate groups is 1. The number of nitrogens with zero attached hydrogens (tertiary/aromatic N) is 3. The Hall–Kier alpha value is -2.54. The third kappa shape index (κ3) is 4.84. The summed E-state index contributed by atoms with van der Waals surface area (Å²) in [4.78, 5) is 45.8. The normalized spacial score (nSPS) is 18.0. The van der Waals surface area contributed by atoms with Gasteiger partial charge in [-0.15, -0.1) is 0 Å². The minimum absolute atomic E-state index is 0.477. The quantitative estimate of drug-likeness (QED) is 0.402. The highest BCUT2D eigenvalue weighted by atomic mass is 16.2. The van der Waals surface area contributed by atoms with E-state index in [9.17, 15) is 14.4 Å². The minimum atomic E-state index is -1.06. The SMILES string of the molecule is CCC(=NCCCN(CC)CC)C1C(=O)NC(=O)N(c2ccccc2C)C1=O. The van der Waals surface area contributed by atoms with Gasteiger partial charge < -0.3 is 4.90 Å². The van der Waals surface area contributed by atoms with Crippen molar-refractivity contribution in [3.8, 4) is 0 Å². The average Bonchev–Trinajstić information content (AvgIpc) is 2.67. The van der Waals surface area contributed by atoms with E-state index in [2.05, 4.69) is 29.1 Å². The number of aliphatic imine (C=N–C) groups is 1. The van der Waals surface area contributed by atoms with E-state index in [0.717, 1.165) is 36.5 Å². The summed E-state index contributed by atoms with van der Waals surface area (Å²) in [6, 6.07) is 6.41. The van der Waals surface area contributed by atoms with Crippen LogP contribution in [0.5, 0.6) is 0 Å². The Bertz CT molecular complexity index is 756. The Morgan fingerprint density at radius 3 is 2.43 bits per heavy atom. The fourth-order valence-corrected chi connectivity index (χ4v) is 3.38. The third-order valence-electron chi connectivity index (χ3n) is 5.06. The molecule has 1 fully saturated rings. The molecule has 1 saturated heterocycles. The van der Waals surface area contributed by atoms with Crippen molar-refractivity contribution in [2.75, 3.05) is 31.1 Å². The number of nitrogens with one attached hydrogen (secondary N) is 1. The molecule has 28 heavy (non-hydrogen) atoms. The fraction of sp³-hybridized carbons (Fsp3) is 0.524. The molecule has 152 valence electrons. The summed E-state index contributed by atoms with van der Waals surface area (Å²) in [6.07, 6.45) is 1.33. The molecule has 1 aromatic carbocycles. The second-order valence-corrected chi connectivity index (χ2v) is 6.79. The molecule has 1 unspecified atom stereocenters. The van der Waals surface area contributed by atoms with E-state index in [-0.39, 0.29) is 0 Å². The van der Waals surface area contributed by atoms with E-state index in [1.807, 2.05) is 26.0 Å². The number of rotatable bonds is 9. The van der Waals surface area contributed by atoms with Crippen molar-refractivity contribution in [3.63, 3.8) is 0 Å². The number of benzene rings is 1. The first kappa shape index (κ1) is 21.8. The summed E-state index contributed by atoms with van der Waals surface area (Å²) in [7, 11) is 0. The molecular formula is C21H30N4O3. The number of para-hydroxylation sites is 1. The van der Waals surface area contributed by atoms with E-state index < -0.39 is 23.8 Å². The molecule has 1 heterocycles. The Morgan fingerprint density at radius 1 is 1.14 bits per heavy atom. The van der Waals surface area contributed by atoms with Gasteiger partial charge >= 0.3 is 6.03 Å². The topological polar surface area (TPSA) is 82.1 Å². The Morgan fingerprint density at radius 2 is 1.82 bits per heavy atom. The first-order chi connectivity index (χ1) is 13.4. The number of imide groups is 2. The van der Waals surface area contributed by atoms with Crippen molar-refractivity contribution in [3.05, 3.63) is 29.8 Å². The maximum absolute atomic E-state index is 13.1. The molecule has 0 aromatic heterocycles. The van der Waals surface area contributed by atoms with Crippen molar-refractivity contribution >= 4 is 29.2 Å². The maximum atomic E-state index is 13.1. The number of urea groups is 1. The van der Waals surface area contributed by atoms with E-state index in [1.165, 1.54) is 0 Å². The monoisotopic (exact) mass is 386 g/mol. The van der Waals surface area contributed by atoms with Crippen LogP contribution in [0.25, 0.3) is 0 Å². The summed E-state index contributed by atoms with van der Waals surface area (Å²) in [5.74, 6) is -2.19. The summed E-state index contributed by atoms with van der Waals surface area (Å²) in [5.41, 5.74) is 1.79. The van der Waals surface area contributed by atoms with Crippen LogP contribution in [0.3, 0.4) is 0 Å². The Balaban J connectivity index is 2.20. The van der Waals surface area contributed by atoms with Gasteiger partial charge in [0.25, 0.3) is 5.91 Å². The molecule has 1 aliphatic rings. The zero-order chi connectivity index (χ0) is 20.7. The number of hydrogen-bond acceptors (Lipinski definition) is 5. The molecule has 0 spiro atoms. The number of anilines is 1. The smallest absolute Gasteiger partial charge is 0.304 e. The highest BCUT2D eigenvalue weighted by molar-refractivity contribution is 6.35. The predicted octanol–water partition coefficient (Wildman–Crippen LogP) is 2.78. The van der Waals surface area contributed by atoms with Gasteiger partial charge in [0.15, 0.2) is 5.92 Å². The third-order valence-corrected chi connectivity index (χ3v) is 5.06. The Kier molecular flexibility index (Phi) is 7.87.